The van der Waals surface area contributed by atoms with E-state index in [4.69, 9.17) is 4.74 Å². The van der Waals surface area contributed by atoms with Gasteiger partial charge in [0.15, 0.2) is 0 Å². The van der Waals surface area contributed by atoms with E-state index in [1.807, 2.05) is 0 Å². The van der Waals surface area contributed by atoms with Crippen LogP contribution < -0.4 is 10.1 Å². The second kappa shape index (κ2) is 4.56. The van der Waals surface area contributed by atoms with E-state index < -0.39 is 0 Å². The van der Waals surface area contributed by atoms with Crippen molar-refractivity contribution < 1.29 is 4.74 Å². The third-order valence-electron chi connectivity index (χ3n) is 4.17. The van der Waals surface area contributed by atoms with Crippen LogP contribution in [0, 0.1) is 0 Å². The molecule has 2 aliphatic rings. The fourth-order valence-corrected chi connectivity index (χ4v) is 3.22. The van der Waals surface area contributed by atoms with Gasteiger partial charge in [-0.05, 0) is 19.9 Å². The Labute approximate surface area is 109 Å². The Morgan fingerprint density at radius 1 is 1.33 bits per heavy atom. The molecule has 1 N–H and O–H groups in total. The number of fused-ring (bicyclic) bond motifs is 1. The summed E-state index contributed by atoms with van der Waals surface area (Å²) in [6, 6.07) is 9.00. The molecule has 1 aromatic carbocycles. The Bertz CT molecular complexity index is 430. The number of rotatable bonds is 1. The standard InChI is InChI=1S/C15H22N2O/c1-15(2)11-16-8-9-17(15)13-7-10-18-14-6-4-3-5-12(13)14/h3-6,13,16H,7-11H2,1-2H3. The van der Waals surface area contributed by atoms with Crippen LogP contribution in [0.15, 0.2) is 24.3 Å². The number of piperazine rings is 1. The molecular weight excluding hydrogens is 224 g/mol. The van der Waals surface area contributed by atoms with E-state index in [2.05, 4.69) is 48.3 Å². The lowest BCUT2D eigenvalue weighted by Gasteiger charge is -2.48. The molecule has 2 heterocycles. The van der Waals surface area contributed by atoms with Crippen molar-refractivity contribution in [2.75, 3.05) is 26.2 Å². The zero-order valence-electron chi connectivity index (χ0n) is 11.3. The third-order valence-corrected chi connectivity index (χ3v) is 4.17. The summed E-state index contributed by atoms with van der Waals surface area (Å²) in [5.74, 6) is 1.07. The normalized spacial score (nSPS) is 27.3. The largest absolute Gasteiger partial charge is 0.493 e. The summed E-state index contributed by atoms with van der Waals surface area (Å²) in [5.41, 5.74) is 1.58. The van der Waals surface area contributed by atoms with Gasteiger partial charge in [0.05, 0.1) is 6.61 Å². The van der Waals surface area contributed by atoms with Gasteiger partial charge < -0.3 is 10.1 Å². The molecule has 0 aliphatic carbocycles. The maximum absolute atomic E-state index is 5.77. The first kappa shape index (κ1) is 12.0. The minimum absolute atomic E-state index is 0.216. The molecule has 2 aliphatic heterocycles. The van der Waals surface area contributed by atoms with Crippen LogP contribution in [0.25, 0.3) is 0 Å². The summed E-state index contributed by atoms with van der Waals surface area (Å²) < 4.78 is 5.77. The summed E-state index contributed by atoms with van der Waals surface area (Å²) >= 11 is 0. The highest BCUT2D eigenvalue weighted by atomic mass is 16.5. The fourth-order valence-electron chi connectivity index (χ4n) is 3.22. The summed E-state index contributed by atoms with van der Waals surface area (Å²) in [6.07, 6.45) is 1.10. The van der Waals surface area contributed by atoms with Crippen LogP contribution in [0.5, 0.6) is 5.75 Å². The Morgan fingerprint density at radius 3 is 3.00 bits per heavy atom. The number of benzene rings is 1. The molecule has 3 nitrogen and oxygen atoms in total. The average Bonchev–Trinajstić information content (AvgIpc) is 2.38. The second-order valence-electron chi connectivity index (χ2n) is 5.87. The van der Waals surface area contributed by atoms with Gasteiger partial charge in [0.2, 0.25) is 0 Å². The van der Waals surface area contributed by atoms with E-state index in [0.717, 1.165) is 38.4 Å². The Morgan fingerprint density at radius 2 is 2.17 bits per heavy atom. The van der Waals surface area contributed by atoms with E-state index in [1.54, 1.807) is 0 Å². The lowest BCUT2D eigenvalue weighted by molar-refractivity contribution is 0.0256. The molecule has 1 atom stereocenters. The molecule has 1 unspecified atom stereocenters. The van der Waals surface area contributed by atoms with Crippen molar-refractivity contribution in [2.24, 2.45) is 0 Å². The number of ether oxygens (including phenoxy) is 1. The van der Waals surface area contributed by atoms with Gasteiger partial charge in [0.1, 0.15) is 5.75 Å². The van der Waals surface area contributed by atoms with Crippen LogP contribution in [0.1, 0.15) is 31.9 Å². The molecule has 1 fully saturated rings. The molecule has 0 aromatic heterocycles. The first-order chi connectivity index (χ1) is 8.68. The van der Waals surface area contributed by atoms with Gasteiger partial charge in [0.25, 0.3) is 0 Å². The molecule has 1 saturated heterocycles. The van der Waals surface area contributed by atoms with Gasteiger partial charge in [-0.25, -0.2) is 0 Å². The molecule has 0 spiro atoms. The van der Waals surface area contributed by atoms with Crippen LogP contribution in [0.2, 0.25) is 0 Å². The highest BCUT2D eigenvalue weighted by Gasteiger charge is 2.37. The maximum atomic E-state index is 5.77. The fraction of sp³-hybridized carbons (Fsp3) is 0.600. The molecule has 98 valence electrons. The monoisotopic (exact) mass is 246 g/mol. The Balaban J connectivity index is 1.93. The highest BCUT2D eigenvalue weighted by Crippen LogP contribution is 2.39. The average molecular weight is 246 g/mol. The van der Waals surface area contributed by atoms with Gasteiger partial charge in [-0.15, -0.1) is 0 Å². The molecule has 3 rings (SSSR count). The van der Waals surface area contributed by atoms with Crippen molar-refractivity contribution in [2.45, 2.75) is 31.8 Å². The van der Waals surface area contributed by atoms with Gasteiger partial charge in [-0.2, -0.15) is 0 Å². The van der Waals surface area contributed by atoms with E-state index >= 15 is 0 Å². The van der Waals surface area contributed by atoms with Crippen LogP contribution in [-0.4, -0.2) is 36.7 Å². The summed E-state index contributed by atoms with van der Waals surface area (Å²) in [6.45, 7) is 8.76. The van der Waals surface area contributed by atoms with Gasteiger partial charge in [0, 0.05) is 43.2 Å². The number of nitrogens with zero attached hydrogens (tertiary/aromatic N) is 1. The molecule has 0 bridgehead atoms. The van der Waals surface area contributed by atoms with Crippen molar-refractivity contribution in [3.05, 3.63) is 29.8 Å². The van der Waals surface area contributed by atoms with Crippen LogP contribution in [-0.2, 0) is 0 Å². The zero-order chi connectivity index (χ0) is 12.6. The predicted molar refractivity (Wildman–Crippen MR) is 72.9 cm³/mol. The number of para-hydroxylation sites is 1. The summed E-state index contributed by atoms with van der Waals surface area (Å²) in [4.78, 5) is 2.64. The van der Waals surface area contributed by atoms with Crippen LogP contribution >= 0.6 is 0 Å². The lowest BCUT2D eigenvalue weighted by Crippen LogP contribution is -2.59. The van der Waals surface area contributed by atoms with Crippen LogP contribution in [0.3, 0.4) is 0 Å². The molecule has 1 aromatic rings. The first-order valence-electron chi connectivity index (χ1n) is 6.88. The predicted octanol–water partition coefficient (Wildman–Crippen LogP) is 2.19. The van der Waals surface area contributed by atoms with Gasteiger partial charge in [-0.3, -0.25) is 4.90 Å². The summed E-state index contributed by atoms with van der Waals surface area (Å²) in [7, 11) is 0. The van der Waals surface area contributed by atoms with Crippen molar-refractivity contribution in [1.82, 2.24) is 10.2 Å². The van der Waals surface area contributed by atoms with Crippen LogP contribution in [0.4, 0.5) is 0 Å². The van der Waals surface area contributed by atoms with Crippen molar-refractivity contribution in [3.8, 4) is 5.75 Å². The van der Waals surface area contributed by atoms with Gasteiger partial charge in [-0.1, -0.05) is 18.2 Å². The van der Waals surface area contributed by atoms with E-state index in [9.17, 15) is 0 Å². The number of hydrogen-bond acceptors (Lipinski definition) is 3. The SMILES string of the molecule is CC1(C)CNCCN1C1CCOc2ccccc21. The minimum Gasteiger partial charge on any atom is -0.493 e. The molecule has 0 radical (unpaired) electrons. The molecule has 3 heteroatoms. The van der Waals surface area contributed by atoms with Crippen molar-refractivity contribution in [3.63, 3.8) is 0 Å². The Hall–Kier alpha value is -1.06. The quantitative estimate of drug-likeness (QED) is 0.822. The number of nitrogens with one attached hydrogen (secondary N) is 1. The maximum Gasteiger partial charge on any atom is 0.124 e. The second-order valence-corrected chi connectivity index (χ2v) is 5.87. The summed E-state index contributed by atoms with van der Waals surface area (Å²) in [5, 5.41) is 3.50. The first-order valence-corrected chi connectivity index (χ1v) is 6.88. The molecule has 0 amide bonds. The van der Waals surface area contributed by atoms with E-state index in [0.29, 0.717) is 6.04 Å². The molecule has 18 heavy (non-hydrogen) atoms. The Kier molecular flexibility index (Phi) is 3.04. The zero-order valence-corrected chi connectivity index (χ0v) is 11.3. The minimum atomic E-state index is 0.216. The van der Waals surface area contributed by atoms with E-state index in [1.165, 1.54) is 5.56 Å². The van der Waals surface area contributed by atoms with Crippen molar-refractivity contribution >= 4 is 0 Å². The third kappa shape index (κ3) is 2.02. The smallest absolute Gasteiger partial charge is 0.124 e. The highest BCUT2D eigenvalue weighted by molar-refractivity contribution is 5.37. The molecule has 0 saturated carbocycles. The lowest BCUT2D eigenvalue weighted by atomic mass is 9.91. The van der Waals surface area contributed by atoms with Crippen molar-refractivity contribution in [1.29, 1.82) is 0 Å². The van der Waals surface area contributed by atoms with Gasteiger partial charge >= 0.3 is 0 Å². The number of hydrogen-bond donors (Lipinski definition) is 1. The van der Waals surface area contributed by atoms with E-state index in [-0.39, 0.29) is 5.54 Å². The molecular formula is C15H22N2O. The topological polar surface area (TPSA) is 24.5 Å².